The van der Waals surface area contributed by atoms with Crippen molar-refractivity contribution < 1.29 is 40.7 Å². The summed E-state index contributed by atoms with van der Waals surface area (Å²) < 4.78 is 80.9. The maximum atomic E-state index is 13.3. The summed E-state index contributed by atoms with van der Waals surface area (Å²) in [6.07, 6.45) is -9.86. The van der Waals surface area contributed by atoms with Crippen LogP contribution in [-0.2, 0) is 11.0 Å². The molecule has 0 radical (unpaired) electrons. The lowest BCUT2D eigenvalue weighted by Crippen LogP contribution is -2.33. The van der Waals surface area contributed by atoms with Crippen LogP contribution in [-0.4, -0.2) is 42.0 Å². The van der Waals surface area contributed by atoms with Gasteiger partial charge in [-0.1, -0.05) is 12.1 Å². The Morgan fingerprint density at radius 3 is 2.06 bits per heavy atom. The van der Waals surface area contributed by atoms with Crippen molar-refractivity contribution in [2.75, 3.05) is 18.1 Å². The van der Waals surface area contributed by atoms with Crippen LogP contribution in [0.1, 0.15) is 37.8 Å². The zero-order valence-electron chi connectivity index (χ0n) is 19.4. The normalized spacial score (nSPS) is 12.3. The Bertz CT molecular complexity index is 1080. The summed E-state index contributed by atoms with van der Waals surface area (Å²) in [5, 5.41) is 4.72. The van der Waals surface area contributed by atoms with Crippen LogP contribution in [0.4, 0.5) is 36.8 Å². The van der Waals surface area contributed by atoms with Crippen molar-refractivity contribution in [3.05, 3.63) is 59.7 Å². The van der Waals surface area contributed by atoms with Gasteiger partial charge in [-0.25, -0.2) is 4.79 Å². The largest absolute Gasteiger partial charge is 0.573 e. The van der Waals surface area contributed by atoms with Crippen molar-refractivity contribution in [3.63, 3.8) is 0 Å². The van der Waals surface area contributed by atoms with E-state index in [2.05, 4.69) is 9.84 Å². The first-order valence-corrected chi connectivity index (χ1v) is 10.7. The highest BCUT2D eigenvalue weighted by Crippen LogP contribution is 2.30. The number of hydrogen-bond acceptors (Lipinski definition) is 4. The second kappa shape index (κ2) is 11.8. The molecular weight excluding hydrogens is 494 g/mol. The second-order valence-electron chi connectivity index (χ2n) is 7.38. The minimum absolute atomic E-state index is 0.0135. The van der Waals surface area contributed by atoms with Gasteiger partial charge in [0.2, 0.25) is 5.91 Å². The van der Waals surface area contributed by atoms with Gasteiger partial charge in [0.25, 0.3) is 0 Å². The molecule has 0 unspecified atom stereocenters. The van der Waals surface area contributed by atoms with Crippen LogP contribution < -0.4 is 15.5 Å². The Morgan fingerprint density at radius 2 is 1.56 bits per heavy atom. The van der Waals surface area contributed by atoms with Crippen molar-refractivity contribution in [1.29, 1.82) is 0 Å². The van der Waals surface area contributed by atoms with E-state index in [4.69, 9.17) is 5.73 Å². The number of carbonyl (C=O) groups excluding carboxylic acids is 2. The number of benzene rings is 2. The molecule has 7 nitrogen and oxygen atoms in total. The molecule has 0 aliphatic carbocycles. The molecule has 196 valence electrons. The first kappa shape index (κ1) is 28.5. The summed E-state index contributed by atoms with van der Waals surface area (Å²) in [4.78, 5) is 26.1. The lowest BCUT2D eigenvalue weighted by molar-refractivity contribution is -0.274. The van der Waals surface area contributed by atoms with Gasteiger partial charge < -0.3 is 15.4 Å². The van der Waals surface area contributed by atoms with E-state index in [1.165, 1.54) is 11.0 Å². The first-order chi connectivity index (χ1) is 16.7. The highest BCUT2D eigenvalue weighted by atomic mass is 19.4. The number of urea groups is 1. The molecule has 2 aromatic rings. The van der Waals surface area contributed by atoms with Crippen LogP contribution in [0.2, 0.25) is 0 Å². The summed E-state index contributed by atoms with van der Waals surface area (Å²) in [7, 11) is 0. The average molecular weight is 518 g/mol. The molecule has 0 saturated carbocycles. The standard InChI is InChI=1S/C23H24F6N4O3/c1-3-32(4-2)20(34)13-12-19(15-6-5-7-16(14-15)22(24,25)26)31-33(21(30)35)17-8-10-18(11-9-17)36-23(27,28)29/h5-11,14H,3-4,12-13H2,1-2H3,(H2,30,35)/b31-19-. The van der Waals surface area contributed by atoms with Gasteiger partial charge in [-0.2, -0.15) is 23.3 Å². The molecule has 2 aromatic carbocycles. The lowest BCUT2D eigenvalue weighted by atomic mass is 10.0. The third kappa shape index (κ3) is 8.17. The van der Waals surface area contributed by atoms with Gasteiger partial charge in [-0.05, 0) is 55.8 Å². The molecule has 0 heterocycles. The van der Waals surface area contributed by atoms with E-state index in [1.54, 1.807) is 13.8 Å². The summed E-state index contributed by atoms with van der Waals surface area (Å²) in [6, 6.07) is 6.98. The van der Waals surface area contributed by atoms with Crippen LogP contribution >= 0.6 is 0 Å². The number of primary amides is 1. The average Bonchev–Trinajstić information content (AvgIpc) is 2.79. The van der Waals surface area contributed by atoms with Crippen LogP contribution in [0, 0.1) is 0 Å². The first-order valence-electron chi connectivity index (χ1n) is 10.7. The van der Waals surface area contributed by atoms with E-state index in [0.29, 0.717) is 18.1 Å². The molecule has 0 aliphatic heterocycles. The van der Waals surface area contributed by atoms with E-state index < -0.39 is 29.9 Å². The minimum Gasteiger partial charge on any atom is -0.406 e. The van der Waals surface area contributed by atoms with E-state index >= 15 is 0 Å². The number of hydrazone groups is 1. The van der Waals surface area contributed by atoms with Crippen molar-refractivity contribution in [1.82, 2.24) is 4.90 Å². The van der Waals surface area contributed by atoms with Crippen LogP contribution in [0.15, 0.2) is 53.6 Å². The smallest absolute Gasteiger partial charge is 0.406 e. The van der Waals surface area contributed by atoms with E-state index in [1.807, 2.05) is 0 Å². The monoisotopic (exact) mass is 518 g/mol. The molecule has 0 aromatic heterocycles. The quantitative estimate of drug-likeness (QED) is 0.269. The van der Waals surface area contributed by atoms with Gasteiger partial charge in [0.15, 0.2) is 0 Å². The zero-order valence-corrected chi connectivity index (χ0v) is 19.4. The van der Waals surface area contributed by atoms with E-state index in [0.717, 1.165) is 42.5 Å². The number of amides is 3. The minimum atomic E-state index is -4.93. The Labute approximate surface area is 203 Å². The number of alkyl halides is 6. The third-order valence-electron chi connectivity index (χ3n) is 4.96. The van der Waals surface area contributed by atoms with Crippen molar-refractivity contribution in [2.24, 2.45) is 10.8 Å². The van der Waals surface area contributed by atoms with Crippen molar-refractivity contribution in [3.8, 4) is 5.75 Å². The number of ether oxygens (including phenoxy) is 1. The fourth-order valence-corrected chi connectivity index (χ4v) is 3.23. The Kier molecular flexibility index (Phi) is 9.31. The summed E-state index contributed by atoms with van der Waals surface area (Å²) in [5.74, 6) is -0.846. The second-order valence-corrected chi connectivity index (χ2v) is 7.38. The zero-order chi connectivity index (χ0) is 27.1. The fourth-order valence-electron chi connectivity index (χ4n) is 3.23. The molecule has 2 N–H and O–H groups in total. The molecule has 0 atom stereocenters. The number of anilines is 1. The molecule has 0 spiro atoms. The Balaban J connectivity index is 2.49. The predicted octanol–water partition coefficient (Wildman–Crippen LogP) is 5.54. The van der Waals surface area contributed by atoms with Crippen molar-refractivity contribution >= 4 is 23.3 Å². The molecule has 0 bridgehead atoms. The molecule has 0 fully saturated rings. The molecule has 0 aliphatic rings. The van der Waals surface area contributed by atoms with Gasteiger partial charge in [0, 0.05) is 25.9 Å². The van der Waals surface area contributed by atoms with E-state index in [9.17, 15) is 35.9 Å². The van der Waals surface area contributed by atoms with Crippen LogP contribution in [0.3, 0.4) is 0 Å². The van der Waals surface area contributed by atoms with Crippen LogP contribution in [0.25, 0.3) is 0 Å². The molecular formula is C23H24F6N4O3. The summed E-state index contributed by atoms with van der Waals surface area (Å²) in [6.45, 7) is 4.38. The number of nitrogens with zero attached hydrogens (tertiary/aromatic N) is 3. The topological polar surface area (TPSA) is 88.2 Å². The number of halogens is 6. The van der Waals surface area contributed by atoms with Gasteiger partial charge in [0.05, 0.1) is 17.0 Å². The molecule has 3 amide bonds. The number of carbonyl (C=O) groups is 2. The number of nitrogens with two attached hydrogens (primary N) is 1. The molecule has 0 saturated heterocycles. The fraction of sp³-hybridized carbons (Fsp3) is 0.348. The summed E-state index contributed by atoms with van der Waals surface area (Å²) >= 11 is 0. The van der Waals surface area contributed by atoms with Crippen molar-refractivity contribution in [2.45, 2.75) is 39.2 Å². The van der Waals surface area contributed by atoms with E-state index in [-0.39, 0.29) is 35.7 Å². The lowest BCUT2D eigenvalue weighted by Gasteiger charge is -2.20. The maximum Gasteiger partial charge on any atom is 0.573 e. The Morgan fingerprint density at radius 1 is 0.944 bits per heavy atom. The molecule has 13 heteroatoms. The summed E-state index contributed by atoms with van der Waals surface area (Å²) in [5.41, 5.74) is 4.28. The molecule has 2 rings (SSSR count). The SMILES string of the molecule is CCN(CC)C(=O)CC/C(=N/N(C(N)=O)c1ccc(OC(F)(F)F)cc1)c1cccc(C(F)(F)F)c1. The van der Waals surface area contributed by atoms with Gasteiger partial charge >= 0.3 is 18.6 Å². The highest BCUT2D eigenvalue weighted by molar-refractivity contribution is 6.04. The predicted molar refractivity (Wildman–Crippen MR) is 120 cm³/mol. The van der Waals surface area contributed by atoms with Crippen LogP contribution in [0.5, 0.6) is 5.75 Å². The van der Waals surface area contributed by atoms with Gasteiger partial charge in [0.1, 0.15) is 5.75 Å². The number of hydrogen-bond donors (Lipinski definition) is 1. The Hall–Kier alpha value is -3.77. The maximum absolute atomic E-state index is 13.3. The third-order valence-corrected chi connectivity index (χ3v) is 4.96. The highest BCUT2D eigenvalue weighted by Gasteiger charge is 2.32. The number of rotatable bonds is 9. The van der Waals surface area contributed by atoms with Gasteiger partial charge in [-0.3, -0.25) is 4.79 Å². The van der Waals surface area contributed by atoms with Gasteiger partial charge in [-0.15, -0.1) is 13.2 Å². The molecule has 36 heavy (non-hydrogen) atoms.